The monoisotopic (exact) mass is 413 g/mol. The fraction of sp³-hybridized carbons (Fsp3) is 0.100. The Balaban J connectivity index is 1.92. The van der Waals surface area contributed by atoms with Crippen LogP contribution in [0.15, 0.2) is 55.1 Å². The Hall–Kier alpha value is -3.95. The van der Waals surface area contributed by atoms with Crippen LogP contribution in [-0.4, -0.2) is 39.1 Å². The summed E-state index contributed by atoms with van der Waals surface area (Å²) in [5, 5.41) is 2.52. The van der Waals surface area contributed by atoms with E-state index in [9.17, 15) is 18.0 Å². The number of halogens is 3. The Kier molecular flexibility index (Phi) is 5.05. The van der Waals surface area contributed by atoms with Gasteiger partial charge in [-0.05, 0) is 23.8 Å². The van der Waals surface area contributed by atoms with Crippen LogP contribution in [0.4, 0.5) is 13.2 Å². The normalized spacial score (nSPS) is 11.1. The molecule has 0 bridgehead atoms. The van der Waals surface area contributed by atoms with Gasteiger partial charge < -0.3 is 10.1 Å². The number of nitrogens with zero attached hydrogens (tertiary/aromatic N) is 4. The Labute approximate surface area is 168 Å². The van der Waals surface area contributed by atoms with Gasteiger partial charge in [0.05, 0.1) is 29.0 Å². The molecule has 4 rings (SSSR count). The Morgan fingerprint density at radius 3 is 2.60 bits per heavy atom. The van der Waals surface area contributed by atoms with E-state index in [-0.39, 0.29) is 17.6 Å². The predicted octanol–water partition coefficient (Wildman–Crippen LogP) is 3.58. The van der Waals surface area contributed by atoms with Gasteiger partial charge in [0.25, 0.3) is 5.91 Å². The Bertz CT molecular complexity index is 1230. The van der Waals surface area contributed by atoms with Gasteiger partial charge in [0, 0.05) is 25.0 Å². The van der Waals surface area contributed by atoms with Crippen molar-refractivity contribution in [3.05, 3.63) is 66.5 Å². The van der Waals surface area contributed by atoms with E-state index in [0.717, 1.165) is 12.4 Å². The lowest BCUT2D eigenvalue weighted by atomic mass is 10.1. The van der Waals surface area contributed by atoms with Gasteiger partial charge >= 0.3 is 6.61 Å². The maximum absolute atomic E-state index is 13.3. The van der Waals surface area contributed by atoms with Crippen LogP contribution in [0.5, 0.6) is 5.75 Å². The molecule has 0 radical (unpaired) electrons. The highest BCUT2D eigenvalue weighted by atomic mass is 19.3. The molecule has 0 unspecified atom stereocenters. The summed E-state index contributed by atoms with van der Waals surface area (Å²) in [5.41, 5.74) is 2.38. The molecule has 1 N–H and O–H groups in total. The highest BCUT2D eigenvalue weighted by molar-refractivity contribution is 6.00. The van der Waals surface area contributed by atoms with Gasteiger partial charge in [0.1, 0.15) is 5.75 Å². The largest absolute Gasteiger partial charge is 0.435 e. The van der Waals surface area contributed by atoms with Crippen molar-refractivity contribution in [3.63, 3.8) is 0 Å². The third-order valence-electron chi connectivity index (χ3n) is 4.32. The maximum atomic E-state index is 13.3. The summed E-state index contributed by atoms with van der Waals surface area (Å²) >= 11 is 0. The molecule has 3 aromatic heterocycles. The van der Waals surface area contributed by atoms with Crippen molar-refractivity contribution in [1.82, 2.24) is 24.8 Å². The van der Waals surface area contributed by atoms with Crippen molar-refractivity contribution < 1.29 is 22.7 Å². The van der Waals surface area contributed by atoms with Crippen LogP contribution in [0.25, 0.3) is 28.1 Å². The Morgan fingerprint density at radius 2 is 1.90 bits per heavy atom. The van der Waals surface area contributed by atoms with Crippen molar-refractivity contribution >= 4 is 16.9 Å². The van der Waals surface area contributed by atoms with E-state index >= 15 is 0 Å². The van der Waals surface area contributed by atoms with Crippen LogP contribution in [0.1, 0.15) is 10.4 Å². The average Bonchev–Trinajstić information content (AvgIpc) is 3.12. The number of aromatic nitrogens is 4. The summed E-state index contributed by atoms with van der Waals surface area (Å²) < 4.78 is 44.5. The molecule has 1 aromatic carbocycles. The number of benzene rings is 1. The number of hydrogen-bond acceptors (Lipinski definition) is 5. The molecular weight excluding hydrogens is 399 g/mol. The molecule has 4 aromatic rings. The molecular formula is C20H14F3N5O2. The molecule has 0 aliphatic carbocycles. The van der Waals surface area contributed by atoms with Crippen molar-refractivity contribution in [3.8, 4) is 22.8 Å². The van der Waals surface area contributed by atoms with Crippen molar-refractivity contribution in [1.29, 1.82) is 0 Å². The molecule has 7 nitrogen and oxygen atoms in total. The fourth-order valence-electron chi connectivity index (χ4n) is 3.02. The van der Waals surface area contributed by atoms with Crippen LogP contribution >= 0.6 is 0 Å². The van der Waals surface area contributed by atoms with E-state index in [0.29, 0.717) is 27.7 Å². The molecule has 30 heavy (non-hydrogen) atoms. The second-order valence-corrected chi connectivity index (χ2v) is 6.19. The molecule has 3 heterocycles. The Morgan fingerprint density at radius 1 is 1.13 bits per heavy atom. The molecule has 0 aliphatic heterocycles. The molecule has 0 saturated carbocycles. The summed E-state index contributed by atoms with van der Waals surface area (Å²) in [6.45, 7) is -2.96. The molecule has 152 valence electrons. The number of ether oxygens (including phenoxy) is 1. The zero-order valence-electron chi connectivity index (χ0n) is 15.5. The molecule has 0 fully saturated rings. The van der Waals surface area contributed by atoms with Crippen LogP contribution in [-0.2, 0) is 0 Å². The van der Waals surface area contributed by atoms with Crippen LogP contribution in [0.3, 0.4) is 0 Å². The molecule has 0 saturated heterocycles. The average molecular weight is 413 g/mol. The molecule has 0 aliphatic rings. The van der Waals surface area contributed by atoms with Gasteiger partial charge in [-0.2, -0.15) is 8.78 Å². The fourth-order valence-corrected chi connectivity index (χ4v) is 3.02. The van der Waals surface area contributed by atoms with Gasteiger partial charge in [-0.3, -0.25) is 14.3 Å². The number of carbonyl (C=O) groups is 1. The van der Waals surface area contributed by atoms with E-state index in [1.165, 1.54) is 25.4 Å². The lowest BCUT2D eigenvalue weighted by Crippen LogP contribution is -2.18. The third-order valence-corrected chi connectivity index (χ3v) is 4.32. The highest BCUT2D eigenvalue weighted by Gasteiger charge is 2.17. The van der Waals surface area contributed by atoms with Crippen molar-refractivity contribution in [2.45, 2.75) is 6.61 Å². The number of alkyl halides is 2. The molecule has 0 atom stereocenters. The van der Waals surface area contributed by atoms with Crippen LogP contribution < -0.4 is 10.1 Å². The number of pyridine rings is 1. The first-order valence-corrected chi connectivity index (χ1v) is 8.72. The van der Waals surface area contributed by atoms with Gasteiger partial charge in [0.15, 0.2) is 5.82 Å². The van der Waals surface area contributed by atoms with Crippen molar-refractivity contribution in [2.75, 3.05) is 7.05 Å². The van der Waals surface area contributed by atoms with Crippen molar-refractivity contribution in [2.24, 2.45) is 0 Å². The van der Waals surface area contributed by atoms with Gasteiger partial charge in [-0.15, -0.1) is 0 Å². The molecule has 10 heteroatoms. The first-order valence-electron chi connectivity index (χ1n) is 8.72. The van der Waals surface area contributed by atoms with Gasteiger partial charge in [-0.25, -0.2) is 14.4 Å². The molecule has 0 spiro atoms. The number of hydrogen-bond donors (Lipinski definition) is 1. The minimum Gasteiger partial charge on any atom is -0.435 e. The zero-order chi connectivity index (χ0) is 21.3. The van der Waals surface area contributed by atoms with E-state index in [2.05, 4.69) is 25.0 Å². The second kappa shape index (κ2) is 7.82. The molecule has 1 amide bonds. The summed E-state index contributed by atoms with van der Waals surface area (Å²) in [7, 11) is 1.49. The number of carbonyl (C=O) groups excluding carboxylic acids is 1. The first-order chi connectivity index (χ1) is 14.5. The number of nitrogens with one attached hydrogen (secondary N) is 1. The lowest BCUT2D eigenvalue weighted by molar-refractivity contribution is -0.0498. The quantitative estimate of drug-likeness (QED) is 0.541. The van der Waals surface area contributed by atoms with Gasteiger partial charge in [0.2, 0.25) is 5.95 Å². The smallest absolute Gasteiger partial charge is 0.387 e. The summed E-state index contributed by atoms with van der Waals surface area (Å²) in [6, 6.07) is 7.73. The minimum absolute atomic E-state index is 0.0107. The standard InChI is InChI=1S/C20H14F3N5O2/c1-24-18(29)12-6-16-17(25-7-12)15(10-28(16)20-26-8-13(21)9-27-20)11-3-2-4-14(5-11)30-19(22)23/h2-10,19H,1H3,(H,24,29). The summed E-state index contributed by atoms with van der Waals surface area (Å²) in [6.07, 6.45) is 5.07. The maximum Gasteiger partial charge on any atom is 0.387 e. The zero-order valence-corrected chi connectivity index (χ0v) is 15.5. The van der Waals surface area contributed by atoms with E-state index in [1.807, 2.05) is 0 Å². The van der Waals surface area contributed by atoms with E-state index in [4.69, 9.17) is 0 Å². The number of amides is 1. The number of rotatable bonds is 5. The summed E-state index contributed by atoms with van der Waals surface area (Å²) in [4.78, 5) is 24.4. The highest BCUT2D eigenvalue weighted by Crippen LogP contribution is 2.33. The van der Waals surface area contributed by atoms with E-state index < -0.39 is 12.4 Å². The van der Waals surface area contributed by atoms with Crippen LogP contribution in [0, 0.1) is 5.82 Å². The lowest BCUT2D eigenvalue weighted by Gasteiger charge is -2.06. The predicted molar refractivity (Wildman–Crippen MR) is 102 cm³/mol. The topological polar surface area (TPSA) is 81.9 Å². The SMILES string of the molecule is CNC(=O)c1cnc2c(-c3cccc(OC(F)F)c3)cn(-c3ncc(F)cn3)c2c1. The van der Waals surface area contributed by atoms with E-state index in [1.54, 1.807) is 29.0 Å². The minimum atomic E-state index is -2.96. The third kappa shape index (κ3) is 3.66. The van der Waals surface area contributed by atoms with Gasteiger partial charge in [-0.1, -0.05) is 12.1 Å². The number of fused-ring (bicyclic) bond motifs is 1. The van der Waals surface area contributed by atoms with Crippen LogP contribution in [0.2, 0.25) is 0 Å². The first kappa shape index (κ1) is 19.4. The second-order valence-electron chi connectivity index (χ2n) is 6.19. The summed E-state index contributed by atoms with van der Waals surface area (Å²) in [5.74, 6) is -0.797.